The second kappa shape index (κ2) is 8.78. The summed E-state index contributed by atoms with van der Waals surface area (Å²) < 4.78 is 0. The summed E-state index contributed by atoms with van der Waals surface area (Å²) in [5, 5.41) is 4.02. The Morgan fingerprint density at radius 3 is 1.79 bits per heavy atom. The fourth-order valence-electron chi connectivity index (χ4n) is 3.23. The van der Waals surface area contributed by atoms with Gasteiger partial charge in [0.05, 0.1) is 5.69 Å². The monoisotopic (exact) mass is 379 g/mol. The highest BCUT2D eigenvalue weighted by Gasteiger charge is 2.18. The average Bonchev–Trinajstić information content (AvgIpc) is 2.76. The number of para-hydroxylation sites is 1. The zero-order valence-electron chi connectivity index (χ0n) is 15.9. The van der Waals surface area contributed by atoms with Crippen LogP contribution < -0.4 is 15.9 Å². The number of aliphatic imine (C=N–C) groups is 1. The van der Waals surface area contributed by atoms with E-state index in [1.165, 1.54) is 27.0 Å². The van der Waals surface area contributed by atoms with E-state index in [1.54, 1.807) is 0 Å². The smallest absolute Gasteiger partial charge is 0.0659 e. The Balaban J connectivity index is 1.81. The van der Waals surface area contributed by atoms with Gasteiger partial charge in [-0.05, 0) is 42.4 Å². The van der Waals surface area contributed by atoms with Gasteiger partial charge in [0.25, 0.3) is 0 Å². The Hall–Kier alpha value is -3.02. The molecule has 0 bridgehead atoms. The summed E-state index contributed by atoms with van der Waals surface area (Å²) in [6.45, 7) is 2.10. The molecule has 2 heteroatoms. The first kappa shape index (κ1) is 18.3. The first-order valence-electron chi connectivity index (χ1n) is 9.42. The minimum absolute atomic E-state index is 0.646. The second-order valence-electron chi connectivity index (χ2n) is 6.61. The van der Waals surface area contributed by atoms with Gasteiger partial charge in [0, 0.05) is 11.8 Å². The third-order valence-electron chi connectivity index (χ3n) is 4.66. The van der Waals surface area contributed by atoms with Crippen molar-refractivity contribution in [3.8, 4) is 0 Å². The van der Waals surface area contributed by atoms with Crippen molar-refractivity contribution in [3.63, 3.8) is 0 Å². The molecule has 0 atom stereocenters. The highest BCUT2D eigenvalue weighted by Crippen LogP contribution is 2.33. The lowest BCUT2D eigenvalue weighted by molar-refractivity contribution is 1.40. The molecule has 0 heterocycles. The van der Waals surface area contributed by atoms with Gasteiger partial charge in [-0.15, -0.1) is 0 Å². The predicted octanol–water partition coefficient (Wildman–Crippen LogP) is 5.50. The van der Waals surface area contributed by atoms with Crippen LogP contribution >= 0.6 is 7.92 Å². The Bertz CT molecular complexity index is 1030. The molecule has 28 heavy (non-hydrogen) atoms. The van der Waals surface area contributed by atoms with Crippen LogP contribution in [-0.4, -0.2) is 6.21 Å². The van der Waals surface area contributed by atoms with Gasteiger partial charge in [-0.1, -0.05) is 103 Å². The zero-order chi connectivity index (χ0) is 19.2. The molecule has 0 unspecified atom stereocenters. The summed E-state index contributed by atoms with van der Waals surface area (Å²) in [6, 6.07) is 38.4. The largest absolute Gasteiger partial charge is 0.256 e. The van der Waals surface area contributed by atoms with Crippen LogP contribution in [0.3, 0.4) is 0 Å². The van der Waals surface area contributed by atoms with E-state index in [9.17, 15) is 0 Å². The third-order valence-corrected chi connectivity index (χ3v) is 7.18. The number of nitrogens with zero attached hydrogens (tertiary/aromatic N) is 1. The maximum Gasteiger partial charge on any atom is 0.0659 e. The fraction of sp³-hybridized carbons (Fsp3) is 0.0385. The first-order valence-corrected chi connectivity index (χ1v) is 10.8. The molecule has 0 aromatic heterocycles. The SMILES string of the molecule is Cc1ccccc1N=Cc1ccccc1P(c1ccccc1)c1ccccc1. The van der Waals surface area contributed by atoms with Crippen LogP contribution in [0.5, 0.6) is 0 Å². The summed E-state index contributed by atoms with van der Waals surface area (Å²) in [5.41, 5.74) is 3.37. The van der Waals surface area contributed by atoms with E-state index in [1.807, 2.05) is 18.3 Å². The van der Waals surface area contributed by atoms with Crippen molar-refractivity contribution < 1.29 is 0 Å². The van der Waals surface area contributed by atoms with E-state index in [0.29, 0.717) is 0 Å². The molecule has 0 spiro atoms. The van der Waals surface area contributed by atoms with Crippen molar-refractivity contribution in [3.05, 3.63) is 120 Å². The van der Waals surface area contributed by atoms with Crippen LogP contribution in [-0.2, 0) is 0 Å². The van der Waals surface area contributed by atoms with Crippen molar-refractivity contribution in [1.29, 1.82) is 0 Å². The van der Waals surface area contributed by atoms with Crippen molar-refractivity contribution in [1.82, 2.24) is 0 Å². The zero-order valence-corrected chi connectivity index (χ0v) is 16.8. The summed E-state index contributed by atoms with van der Waals surface area (Å²) in [6.07, 6.45) is 2.01. The molecule has 4 aromatic rings. The van der Waals surface area contributed by atoms with Crippen LogP contribution in [0.1, 0.15) is 11.1 Å². The summed E-state index contributed by atoms with van der Waals surface area (Å²) in [5.74, 6) is 0. The van der Waals surface area contributed by atoms with Crippen LogP contribution in [0.25, 0.3) is 0 Å². The lowest BCUT2D eigenvalue weighted by Crippen LogP contribution is -2.23. The molecule has 0 aliphatic rings. The minimum Gasteiger partial charge on any atom is -0.256 e. The minimum atomic E-state index is -0.646. The molecule has 4 rings (SSSR count). The van der Waals surface area contributed by atoms with E-state index in [-0.39, 0.29) is 0 Å². The van der Waals surface area contributed by atoms with Gasteiger partial charge in [0.2, 0.25) is 0 Å². The van der Waals surface area contributed by atoms with Crippen LogP contribution in [0.4, 0.5) is 5.69 Å². The lowest BCUT2D eigenvalue weighted by Gasteiger charge is -2.21. The van der Waals surface area contributed by atoms with Crippen LogP contribution in [0.15, 0.2) is 114 Å². The van der Waals surface area contributed by atoms with Gasteiger partial charge < -0.3 is 0 Å². The van der Waals surface area contributed by atoms with Gasteiger partial charge >= 0.3 is 0 Å². The topological polar surface area (TPSA) is 12.4 Å². The molecule has 0 saturated heterocycles. The van der Waals surface area contributed by atoms with E-state index in [2.05, 4.69) is 104 Å². The average molecular weight is 379 g/mol. The fourth-order valence-corrected chi connectivity index (χ4v) is 5.65. The molecule has 0 saturated carbocycles. The van der Waals surface area contributed by atoms with Crippen molar-refractivity contribution in [2.45, 2.75) is 6.92 Å². The van der Waals surface area contributed by atoms with Gasteiger partial charge in [-0.2, -0.15) is 0 Å². The Morgan fingerprint density at radius 2 is 1.14 bits per heavy atom. The van der Waals surface area contributed by atoms with E-state index < -0.39 is 7.92 Å². The lowest BCUT2D eigenvalue weighted by atomic mass is 10.2. The van der Waals surface area contributed by atoms with Crippen molar-refractivity contribution >= 4 is 35.7 Å². The standard InChI is InChI=1S/C26H22NP/c1-21-12-8-10-18-25(21)27-20-22-13-9-11-19-26(22)28(23-14-4-2-5-15-23)24-16-6-3-7-17-24/h2-20H,1H3. The molecule has 0 N–H and O–H groups in total. The number of hydrogen-bond donors (Lipinski definition) is 0. The predicted molar refractivity (Wildman–Crippen MR) is 124 cm³/mol. The maximum absolute atomic E-state index is 4.79. The number of benzene rings is 4. The van der Waals surface area contributed by atoms with Gasteiger partial charge in [-0.3, -0.25) is 4.99 Å². The number of aryl methyl sites for hydroxylation is 1. The van der Waals surface area contributed by atoms with E-state index >= 15 is 0 Å². The molecule has 0 aliphatic carbocycles. The summed E-state index contributed by atoms with van der Waals surface area (Å²) >= 11 is 0. The first-order chi connectivity index (χ1) is 13.8. The third kappa shape index (κ3) is 4.11. The van der Waals surface area contributed by atoms with Crippen molar-refractivity contribution in [2.75, 3.05) is 0 Å². The summed E-state index contributed by atoms with van der Waals surface area (Å²) in [4.78, 5) is 4.79. The second-order valence-corrected chi connectivity index (χ2v) is 8.80. The molecule has 1 nitrogen and oxygen atoms in total. The van der Waals surface area contributed by atoms with Crippen molar-refractivity contribution in [2.24, 2.45) is 4.99 Å². The number of hydrogen-bond acceptors (Lipinski definition) is 1. The maximum atomic E-state index is 4.79. The van der Waals surface area contributed by atoms with Gasteiger partial charge in [0.1, 0.15) is 0 Å². The molecular formula is C26H22NP. The molecule has 0 radical (unpaired) electrons. The highest BCUT2D eigenvalue weighted by molar-refractivity contribution is 7.80. The van der Waals surface area contributed by atoms with Crippen LogP contribution in [0, 0.1) is 6.92 Å². The molecule has 0 fully saturated rings. The molecule has 136 valence electrons. The highest BCUT2D eigenvalue weighted by atomic mass is 31.1. The number of rotatable bonds is 5. The van der Waals surface area contributed by atoms with Gasteiger partial charge in [0.15, 0.2) is 0 Å². The van der Waals surface area contributed by atoms with Gasteiger partial charge in [-0.25, -0.2) is 0 Å². The molecule has 0 amide bonds. The Labute approximate surface area is 168 Å². The Morgan fingerprint density at radius 1 is 0.607 bits per heavy atom. The molecular weight excluding hydrogens is 357 g/mol. The Kier molecular flexibility index (Phi) is 5.75. The molecule has 4 aromatic carbocycles. The molecule has 0 aliphatic heterocycles. The quantitative estimate of drug-likeness (QED) is 0.321. The summed E-state index contributed by atoms with van der Waals surface area (Å²) in [7, 11) is -0.646. The van der Waals surface area contributed by atoms with E-state index in [4.69, 9.17) is 4.99 Å². The van der Waals surface area contributed by atoms with Crippen LogP contribution in [0.2, 0.25) is 0 Å². The normalized spacial score (nSPS) is 11.2. The van der Waals surface area contributed by atoms with E-state index in [0.717, 1.165) is 5.69 Å².